The molecule has 3 nitrogen and oxygen atoms in total. The number of hydrogen-bond acceptors (Lipinski definition) is 3. The predicted octanol–water partition coefficient (Wildman–Crippen LogP) is 3.46. The van der Waals surface area contributed by atoms with Gasteiger partial charge in [-0.1, -0.05) is 30.3 Å². The van der Waals surface area contributed by atoms with Crippen molar-refractivity contribution < 1.29 is 9.84 Å². The number of benzene rings is 2. The molecule has 0 unspecified atom stereocenters. The Morgan fingerprint density at radius 1 is 1.05 bits per heavy atom. The first-order valence-electron chi connectivity index (χ1n) is 6.29. The number of rotatable bonds is 5. The van der Waals surface area contributed by atoms with Crippen molar-refractivity contribution in [3.8, 4) is 5.75 Å². The fourth-order valence-corrected chi connectivity index (χ4v) is 1.84. The van der Waals surface area contributed by atoms with Crippen molar-refractivity contribution in [3.63, 3.8) is 0 Å². The Morgan fingerprint density at radius 2 is 1.74 bits per heavy atom. The van der Waals surface area contributed by atoms with Gasteiger partial charge in [-0.3, -0.25) is 0 Å². The van der Waals surface area contributed by atoms with Gasteiger partial charge in [-0.15, -0.1) is 0 Å². The Morgan fingerprint density at radius 3 is 2.37 bits per heavy atom. The van der Waals surface area contributed by atoms with Crippen molar-refractivity contribution in [3.05, 3.63) is 59.2 Å². The van der Waals surface area contributed by atoms with Gasteiger partial charge in [0.25, 0.3) is 0 Å². The van der Waals surface area contributed by atoms with Gasteiger partial charge < -0.3 is 15.2 Å². The summed E-state index contributed by atoms with van der Waals surface area (Å²) in [5.41, 5.74) is 4.16. The number of methoxy groups -OCH3 is 1. The van der Waals surface area contributed by atoms with Gasteiger partial charge in [-0.2, -0.15) is 0 Å². The Bertz CT molecular complexity index is 535. The first kappa shape index (κ1) is 13.4. The molecule has 0 saturated carbocycles. The van der Waals surface area contributed by atoms with E-state index in [1.807, 2.05) is 19.1 Å². The molecular formula is C16H19NO2. The lowest BCUT2D eigenvalue weighted by Crippen LogP contribution is -1.99. The third-order valence-electron chi connectivity index (χ3n) is 3.04. The summed E-state index contributed by atoms with van der Waals surface area (Å²) < 4.78 is 5.08. The smallest absolute Gasteiger partial charge is 0.120 e. The van der Waals surface area contributed by atoms with Crippen molar-refractivity contribution in [2.24, 2.45) is 0 Å². The van der Waals surface area contributed by atoms with Gasteiger partial charge in [-0.05, 0) is 29.7 Å². The van der Waals surface area contributed by atoms with E-state index in [4.69, 9.17) is 4.74 Å². The molecular weight excluding hydrogens is 238 g/mol. The second-order valence-electron chi connectivity index (χ2n) is 4.60. The first-order chi connectivity index (χ1) is 9.19. The van der Waals surface area contributed by atoms with Crippen molar-refractivity contribution >= 4 is 5.69 Å². The third kappa shape index (κ3) is 3.73. The number of phenolic OH excluding ortho intramolecular Hbond substituents is 1. The maximum absolute atomic E-state index is 9.64. The summed E-state index contributed by atoms with van der Waals surface area (Å²) in [5, 5.41) is 12.9. The monoisotopic (exact) mass is 257 g/mol. The molecule has 0 fully saturated rings. The minimum absolute atomic E-state index is 0.320. The zero-order valence-electron chi connectivity index (χ0n) is 11.3. The lowest BCUT2D eigenvalue weighted by molar-refractivity contribution is 0.185. The van der Waals surface area contributed by atoms with Crippen molar-refractivity contribution in [1.82, 2.24) is 0 Å². The summed E-state index contributed by atoms with van der Waals surface area (Å²) in [6.45, 7) is 3.25. The zero-order chi connectivity index (χ0) is 13.7. The van der Waals surface area contributed by atoms with Crippen LogP contribution >= 0.6 is 0 Å². The third-order valence-corrected chi connectivity index (χ3v) is 3.04. The molecule has 0 bridgehead atoms. The summed E-state index contributed by atoms with van der Waals surface area (Å²) in [7, 11) is 1.69. The number of nitrogens with one attached hydrogen (secondary N) is 1. The van der Waals surface area contributed by atoms with Gasteiger partial charge in [0.1, 0.15) is 5.75 Å². The van der Waals surface area contributed by atoms with E-state index in [0.717, 1.165) is 17.8 Å². The lowest BCUT2D eigenvalue weighted by Gasteiger charge is -2.09. The van der Waals surface area contributed by atoms with Crippen LogP contribution in [-0.4, -0.2) is 12.2 Å². The van der Waals surface area contributed by atoms with E-state index >= 15 is 0 Å². The molecule has 2 aromatic carbocycles. The maximum atomic E-state index is 9.64. The summed E-state index contributed by atoms with van der Waals surface area (Å²) in [6.07, 6.45) is 0. The summed E-state index contributed by atoms with van der Waals surface area (Å²) in [4.78, 5) is 0. The van der Waals surface area contributed by atoms with E-state index in [1.165, 1.54) is 11.1 Å². The molecule has 19 heavy (non-hydrogen) atoms. The molecule has 100 valence electrons. The molecule has 3 heteroatoms. The Hall–Kier alpha value is -2.00. The average Bonchev–Trinajstić information content (AvgIpc) is 2.42. The van der Waals surface area contributed by atoms with E-state index in [0.29, 0.717) is 12.4 Å². The summed E-state index contributed by atoms with van der Waals surface area (Å²) in [6, 6.07) is 13.9. The number of hydrogen-bond donors (Lipinski definition) is 2. The number of anilines is 1. The van der Waals surface area contributed by atoms with Gasteiger partial charge in [0, 0.05) is 25.4 Å². The number of phenols is 1. The highest BCUT2D eigenvalue weighted by Gasteiger charge is 1.99. The van der Waals surface area contributed by atoms with Gasteiger partial charge in [0.15, 0.2) is 0 Å². The molecule has 0 amide bonds. The zero-order valence-corrected chi connectivity index (χ0v) is 11.3. The Labute approximate surface area is 113 Å². The van der Waals surface area contributed by atoms with Gasteiger partial charge in [0.05, 0.1) is 6.61 Å². The molecule has 0 atom stereocenters. The molecule has 0 aliphatic heterocycles. The van der Waals surface area contributed by atoms with Gasteiger partial charge in [-0.25, -0.2) is 0 Å². The second kappa shape index (κ2) is 6.25. The number of aryl methyl sites for hydroxylation is 1. The highest BCUT2D eigenvalue weighted by Crippen LogP contribution is 2.21. The van der Waals surface area contributed by atoms with Crippen LogP contribution in [0.4, 0.5) is 5.69 Å². The standard InChI is InChI=1S/C16H19NO2/c1-12-3-8-15(9-16(12)18)17-10-13-4-6-14(7-5-13)11-19-2/h3-9,17-18H,10-11H2,1-2H3. The van der Waals surface area contributed by atoms with Crippen LogP contribution in [-0.2, 0) is 17.9 Å². The van der Waals surface area contributed by atoms with Gasteiger partial charge in [0.2, 0.25) is 0 Å². The van der Waals surface area contributed by atoms with Crippen LogP contribution < -0.4 is 5.32 Å². The molecule has 2 aromatic rings. The fourth-order valence-electron chi connectivity index (χ4n) is 1.84. The first-order valence-corrected chi connectivity index (χ1v) is 6.29. The molecule has 0 radical (unpaired) electrons. The predicted molar refractivity (Wildman–Crippen MR) is 77.3 cm³/mol. The highest BCUT2D eigenvalue weighted by molar-refractivity contribution is 5.51. The van der Waals surface area contributed by atoms with Crippen molar-refractivity contribution in [2.45, 2.75) is 20.1 Å². The molecule has 0 heterocycles. The Balaban J connectivity index is 1.96. The molecule has 0 aliphatic carbocycles. The van der Waals surface area contributed by atoms with Crippen LogP contribution in [0.3, 0.4) is 0 Å². The molecule has 0 spiro atoms. The van der Waals surface area contributed by atoms with E-state index in [1.54, 1.807) is 13.2 Å². The highest BCUT2D eigenvalue weighted by atomic mass is 16.5. The van der Waals surface area contributed by atoms with Crippen LogP contribution in [0.1, 0.15) is 16.7 Å². The summed E-state index contributed by atoms with van der Waals surface area (Å²) in [5.74, 6) is 0.320. The molecule has 0 aromatic heterocycles. The average molecular weight is 257 g/mol. The van der Waals surface area contributed by atoms with E-state index in [2.05, 4.69) is 29.6 Å². The van der Waals surface area contributed by atoms with E-state index < -0.39 is 0 Å². The van der Waals surface area contributed by atoms with Crippen molar-refractivity contribution in [2.75, 3.05) is 12.4 Å². The lowest BCUT2D eigenvalue weighted by atomic mass is 10.1. The van der Waals surface area contributed by atoms with Crippen LogP contribution in [0.15, 0.2) is 42.5 Å². The van der Waals surface area contributed by atoms with Crippen molar-refractivity contribution in [1.29, 1.82) is 0 Å². The number of ether oxygens (including phenoxy) is 1. The largest absolute Gasteiger partial charge is 0.508 e. The van der Waals surface area contributed by atoms with Crippen LogP contribution in [0.5, 0.6) is 5.75 Å². The van der Waals surface area contributed by atoms with E-state index in [-0.39, 0.29) is 0 Å². The normalized spacial score (nSPS) is 10.4. The van der Waals surface area contributed by atoms with Crippen LogP contribution in [0, 0.1) is 6.92 Å². The van der Waals surface area contributed by atoms with E-state index in [9.17, 15) is 5.11 Å². The molecule has 2 rings (SSSR count). The summed E-state index contributed by atoms with van der Waals surface area (Å²) >= 11 is 0. The topological polar surface area (TPSA) is 41.5 Å². The van der Waals surface area contributed by atoms with Crippen LogP contribution in [0.25, 0.3) is 0 Å². The molecule has 0 aliphatic rings. The molecule has 2 N–H and O–H groups in total. The quantitative estimate of drug-likeness (QED) is 0.862. The minimum Gasteiger partial charge on any atom is -0.508 e. The SMILES string of the molecule is COCc1ccc(CNc2ccc(C)c(O)c2)cc1. The maximum Gasteiger partial charge on any atom is 0.120 e. The minimum atomic E-state index is 0.320. The second-order valence-corrected chi connectivity index (χ2v) is 4.60. The molecule has 0 saturated heterocycles. The van der Waals surface area contributed by atoms with Gasteiger partial charge >= 0.3 is 0 Å². The fraction of sp³-hybridized carbons (Fsp3) is 0.250. The van der Waals surface area contributed by atoms with Crippen LogP contribution in [0.2, 0.25) is 0 Å². The number of aromatic hydroxyl groups is 1. The Kier molecular flexibility index (Phi) is 4.42.